The van der Waals surface area contributed by atoms with Gasteiger partial charge in [0.1, 0.15) is 0 Å². The van der Waals surface area contributed by atoms with Crippen molar-refractivity contribution in [1.82, 2.24) is 0 Å². The average Bonchev–Trinajstić information content (AvgIpc) is 2.58. The van der Waals surface area contributed by atoms with Crippen LogP contribution in [0.25, 0.3) is 0 Å². The molecule has 0 aromatic heterocycles. The Kier molecular flexibility index (Phi) is 6.61. The molecular weight excluding hydrogens is 428 g/mol. The lowest BCUT2D eigenvalue weighted by Crippen LogP contribution is -2.30. The van der Waals surface area contributed by atoms with Gasteiger partial charge < -0.3 is 4.84 Å². The van der Waals surface area contributed by atoms with Crippen LogP contribution in [0.1, 0.15) is 18.9 Å². The topological polar surface area (TPSA) is 67.8 Å². The van der Waals surface area contributed by atoms with Crippen LogP contribution in [-0.2, 0) is 10.0 Å². The van der Waals surface area contributed by atoms with Crippen LogP contribution < -0.4 is 9.56 Å². The zero-order chi connectivity index (χ0) is 20.2. The Morgan fingerprint density at radius 3 is 2.26 bits per heavy atom. The second-order valence-electron chi connectivity index (χ2n) is 5.18. The lowest BCUT2D eigenvalue weighted by Gasteiger charge is -2.15. The first-order valence-corrected chi connectivity index (χ1v) is 9.66. The summed E-state index contributed by atoms with van der Waals surface area (Å²) in [4.78, 5) is 5.25. The van der Waals surface area contributed by atoms with E-state index in [9.17, 15) is 21.6 Å². The van der Waals surface area contributed by atoms with Crippen LogP contribution in [0.2, 0.25) is 10.0 Å². The van der Waals surface area contributed by atoms with Crippen molar-refractivity contribution in [2.45, 2.75) is 18.9 Å². The number of nitrogens with zero attached hydrogens (tertiary/aromatic N) is 1. The molecule has 0 unspecified atom stereocenters. The summed E-state index contributed by atoms with van der Waals surface area (Å²) in [6.07, 6.45) is 0.231. The van der Waals surface area contributed by atoms with E-state index in [0.717, 1.165) is 6.07 Å². The number of hydrogen-bond donors (Lipinski definition) is 1. The zero-order valence-corrected chi connectivity index (χ0v) is 16.0. The maximum atomic E-state index is 12.7. The molecule has 146 valence electrons. The van der Waals surface area contributed by atoms with E-state index in [1.165, 1.54) is 16.9 Å². The quantitative estimate of drug-likeness (QED) is 0.479. The van der Waals surface area contributed by atoms with Crippen LogP contribution >= 0.6 is 23.2 Å². The van der Waals surface area contributed by atoms with Crippen LogP contribution in [-0.4, -0.2) is 19.6 Å². The number of sulfonamides is 1. The normalized spacial score (nSPS) is 12.7. The van der Waals surface area contributed by atoms with Gasteiger partial charge in [-0.1, -0.05) is 35.3 Å². The fraction of sp³-hybridized carbons (Fsp3) is 0.188. The summed E-state index contributed by atoms with van der Waals surface area (Å²) < 4.78 is 62.4. The van der Waals surface area contributed by atoms with Gasteiger partial charge in [0, 0.05) is 15.6 Å². The molecule has 1 N–H and O–H groups in total. The van der Waals surface area contributed by atoms with Crippen molar-refractivity contribution in [2.75, 3.05) is 4.72 Å². The highest BCUT2D eigenvalue weighted by Crippen LogP contribution is 2.29. The fourth-order valence-electron chi connectivity index (χ4n) is 1.95. The van der Waals surface area contributed by atoms with E-state index in [1.54, 1.807) is 31.2 Å². The van der Waals surface area contributed by atoms with E-state index in [1.807, 2.05) is 0 Å². The number of benzene rings is 2. The van der Waals surface area contributed by atoms with Gasteiger partial charge in [-0.25, -0.2) is 0 Å². The van der Waals surface area contributed by atoms with Crippen molar-refractivity contribution in [3.05, 3.63) is 58.1 Å². The second-order valence-corrected chi connectivity index (χ2v) is 7.72. The van der Waals surface area contributed by atoms with Crippen LogP contribution in [0.15, 0.2) is 47.6 Å². The SMILES string of the molecule is CC/C(=N\Oc1ccc(Cl)cc1)c1cc(Cl)ccc1NS(=O)(=O)C(F)(F)F. The Morgan fingerprint density at radius 1 is 1.11 bits per heavy atom. The lowest BCUT2D eigenvalue weighted by molar-refractivity contribution is -0.0429. The molecule has 0 radical (unpaired) electrons. The number of rotatable bonds is 6. The van der Waals surface area contributed by atoms with Crippen molar-refractivity contribution in [3.63, 3.8) is 0 Å². The van der Waals surface area contributed by atoms with Crippen molar-refractivity contribution >= 4 is 44.6 Å². The van der Waals surface area contributed by atoms with Crippen molar-refractivity contribution in [2.24, 2.45) is 5.16 Å². The average molecular weight is 441 g/mol. The van der Waals surface area contributed by atoms with Crippen LogP contribution in [0.3, 0.4) is 0 Å². The molecule has 0 saturated heterocycles. The monoisotopic (exact) mass is 440 g/mol. The van der Waals surface area contributed by atoms with E-state index in [2.05, 4.69) is 5.16 Å². The molecule has 0 aliphatic carbocycles. The summed E-state index contributed by atoms with van der Waals surface area (Å²) in [6, 6.07) is 9.90. The minimum Gasteiger partial charge on any atom is -0.357 e. The smallest absolute Gasteiger partial charge is 0.357 e. The predicted octanol–water partition coefficient (Wildman–Crippen LogP) is 5.45. The summed E-state index contributed by atoms with van der Waals surface area (Å²) >= 11 is 11.7. The van der Waals surface area contributed by atoms with Gasteiger partial charge in [0.05, 0.1) is 11.4 Å². The minimum atomic E-state index is -5.60. The number of alkyl halides is 3. The Balaban J connectivity index is 2.40. The molecule has 2 aromatic rings. The molecule has 0 saturated carbocycles. The van der Waals surface area contributed by atoms with Crippen molar-refractivity contribution in [3.8, 4) is 5.75 Å². The number of nitrogens with one attached hydrogen (secondary N) is 1. The maximum Gasteiger partial charge on any atom is 0.516 e. The summed E-state index contributed by atoms with van der Waals surface area (Å²) in [7, 11) is -5.60. The van der Waals surface area contributed by atoms with Crippen molar-refractivity contribution < 1.29 is 26.4 Å². The standard InChI is InChI=1S/C16H13Cl2F3N2O3S/c1-2-14(22-26-12-6-3-10(17)4-7-12)13-9-11(18)5-8-15(13)23-27(24,25)16(19,20)21/h3-9,23H,2H2,1H3/b22-14+. The third-order valence-electron chi connectivity index (χ3n) is 3.25. The largest absolute Gasteiger partial charge is 0.516 e. The minimum absolute atomic E-state index is 0.0618. The molecule has 0 fully saturated rings. The molecule has 0 aliphatic heterocycles. The Morgan fingerprint density at radius 2 is 1.70 bits per heavy atom. The molecule has 0 aliphatic rings. The molecule has 5 nitrogen and oxygen atoms in total. The van der Waals surface area contributed by atoms with Gasteiger partial charge in [-0.2, -0.15) is 21.6 Å². The number of hydrogen-bond acceptors (Lipinski definition) is 4. The van der Waals surface area contributed by atoms with E-state index in [4.69, 9.17) is 28.0 Å². The van der Waals surface area contributed by atoms with Crippen LogP contribution in [0.4, 0.5) is 18.9 Å². The molecule has 0 atom stereocenters. The summed E-state index contributed by atoms with van der Waals surface area (Å²) in [5.41, 5.74) is -5.54. The maximum absolute atomic E-state index is 12.7. The molecule has 27 heavy (non-hydrogen) atoms. The van der Waals surface area contributed by atoms with Crippen molar-refractivity contribution in [1.29, 1.82) is 0 Å². The first kappa shape index (κ1) is 21.3. The lowest BCUT2D eigenvalue weighted by atomic mass is 10.1. The molecule has 0 heterocycles. The van der Waals surface area contributed by atoms with E-state index in [0.29, 0.717) is 10.8 Å². The highest BCUT2D eigenvalue weighted by molar-refractivity contribution is 7.93. The third kappa shape index (κ3) is 5.50. The zero-order valence-electron chi connectivity index (χ0n) is 13.7. The number of anilines is 1. The Labute approximate surface area is 163 Å². The van der Waals surface area contributed by atoms with Gasteiger partial charge in [0.15, 0.2) is 5.75 Å². The van der Waals surface area contributed by atoms with Gasteiger partial charge in [-0.15, -0.1) is 0 Å². The molecule has 2 rings (SSSR count). The molecule has 2 aromatic carbocycles. The molecule has 0 amide bonds. The van der Waals surface area contributed by atoms with Gasteiger partial charge in [0.25, 0.3) is 0 Å². The highest BCUT2D eigenvalue weighted by Gasteiger charge is 2.46. The summed E-state index contributed by atoms with van der Waals surface area (Å²) in [5, 5.41) is 4.58. The Hall–Kier alpha value is -1.97. The van der Waals surface area contributed by atoms with Gasteiger partial charge >= 0.3 is 15.5 Å². The first-order valence-electron chi connectivity index (χ1n) is 7.42. The van der Waals surface area contributed by atoms with E-state index < -0.39 is 15.5 Å². The third-order valence-corrected chi connectivity index (χ3v) is 4.84. The second kappa shape index (κ2) is 8.37. The molecule has 0 spiro atoms. The first-order chi connectivity index (χ1) is 12.5. The molecule has 11 heteroatoms. The van der Waals surface area contributed by atoms with Gasteiger partial charge in [-0.05, 0) is 48.9 Å². The predicted molar refractivity (Wildman–Crippen MR) is 99.0 cm³/mol. The van der Waals surface area contributed by atoms with Gasteiger partial charge in [-0.3, -0.25) is 4.72 Å². The summed E-state index contributed by atoms with van der Waals surface area (Å²) in [6.45, 7) is 1.67. The number of oxime groups is 1. The van der Waals surface area contributed by atoms with E-state index in [-0.39, 0.29) is 28.4 Å². The van der Waals surface area contributed by atoms with Crippen LogP contribution in [0.5, 0.6) is 5.75 Å². The van der Waals surface area contributed by atoms with E-state index >= 15 is 0 Å². The molecular formula is C16H13Cl2F3N2O3S. The number of halogens is 5. The highest BCUT2D eigenvalue weighted by atomic mass is 35.5. The summed E-state index contributed by atoms with van der Waals surface area (Å²) in [5.74, 6) is 0.338. The molecule has 0 bridgehead atoms. The Bertz CT molecular complexity index is 946. The van der Waals surface area contributed by atoms with Crippen LogP contribution in [0, 0.1) is 0 Å². The van der Waals surface area contributed by atoms with Gasteiger partial charge in [0.2, 0.25) is 0 Å². The fourth-order valence-corrected chi connectivity index (χ4v) is 2.84.